The van der Waals surface area contributed by atoms with Gasteiger partial charge in [0.15, 0.2) is 0 Å². The van der Waals surface area contributed by atoms with Crippen molar-refractivity contribution in [3.63, 3.8) is 0 Å². The van der Waals surface area contributed by atoms with Crippen LogP contribution in [-0.2, 0) is 17.1 Å². The van der Waals surface area contributed by atoms with E-state index in [1.165, 1.54) is 0 Å². The van der Waals surface area contributed by atoms with Crippen LogP contribution in [0.1, 0.15) is 0 Å². The molecule has 0 rings (SSSR count). The number of hydrogen-bond donors (Lipinski definition) is 1. The molecule has 0 aliphatic carbocycles. The Hall–Kier alpha value is 0.719. The number of rotatable bonds is 0. The molecule has 0 fully saturated rings. The molecule has 4 nitrogen and oxygen atoms in total. The van der Waals surface area contributed by atoms with Crippen LogP contribution in [0, 0.1) is 10.1 Å². The van der Waals surface area contributed by atoms with Crippen LogP contribution in [0.2, 0.25) is 0 Å². The predicted octanol–water partition coefficient (Wildman–Crippen LogP) is -0.999. The summed E-state index contributed by atoms with van der Waals surface area (Å²) in [7, 11) is 0. The van der Waals surface area contributed by atoms with Crippen LogP contribution in [0.4, 0.5) is 0 Å². The molecule has 0 amide bonds. The van der Waals surface area contributed by atoms with E-state index in [0.29, 0.717) is 0 Å². The molecule has 1 N–H and O–H groups in total. The molecule has 6 heavy (non-hydrogen) atoms. The first kappa shape index (κ1) is 15.9. The molecule has 0 heterocycles. The number of hydrogen-bond acceptors (Lipinski definition) is 2. The summed E-state index contributed by atoms with van der Waals surface area (Å²) in [6, 6.07) is 0. The maximum absolute atomic E-state index is 8.36. The molecule has 0 aromatic heterocycles. The zero-order chi connectivity index (χ0) is 3.58. The second-order valence-corrected chi connectivity index (χ2v) is 0.238. The van der Waals surface area contributed by atoms with Crippen molar-refractivity contribution >= 4 is 29.6 Å². The Morgan fingerprint density at radius 1 is 1.67 bits per heavy atom. The number of nitrogens with zero attached hydrogens (tertiary/aromatic N) is 1. The average Bonchev–Trinajstić information content (AvgIpc) is 0.811. The Labute approximate surface area is 66.8 Å². The van der Waals surface area contributed by atoms with Crippen LogP contribution in [0.5, 0.6) is 0 Å². The Kier molecular flexibility index (Phi) is 24.4. The third kappa shape index (κ3) is 126. The zero-order valence-corrected chi connectivity index (χ0v) is 3.17. The van der Waals surface area contributed by atoms with Gasteiger partial charge in [0.25, 0.3) is 5.09 Å². The van der Waals surface area contributed by atoms with Gasteiger partial charge in [0, 0.05) is 17.1 Å². The summed E-state index contributed by atoms with van der Waals surface area (Å²) in [5.41, 5.74) is 0. The average molecular weight is 143 g/mol. The quantitative estimate of drug-likeness (QED) is 0.268. The van der Waals surface area contributed by atoms with Gasteiger partial charge >= 0.3 is 29.6 Å². The molecule has 0 radical (unpaired) electrons. The van der Waals surface area contributed by atoms with E-state index in [9.17, 15) is 0 Å². The summed E-state index contributed by atoms with van der Waals surface area (Å²) in [4.78, 5) is 8.36. The standard InChI is InChI=1S/Fe.HNO3.Na.H/c;2-1(3)4;;/h;(H,2,3,4);;. The van der Waals surface area contributed by atoms with E-state index >= 15 is 0 Å². The van der Waals surface area contributed by atoms with Gasteiger partial charge in [-0.1, -0.05) is 0 Å². The second-order valence-electron chi connectivity index (χ2n) is 0.238. The van der Waals surface area contributed by atoms with Gasteiger partial charge < -0.3 is 5.21 Å². The molecule has 0 atom stereocenters. The van der Waals surface area contributed by atoms with Crippen molar-refractivity contribution < 1.29 is 27.4 Å². The normalized spacial score (nSPS) is 4.00. The van der Waals surface area contributed by atoms with Gasteiger partial charge in [-0.05, 0) is 0 Å². The third-order valence-corrected chi connectivity index (χ3v) is 0. The molecule has 0 aliphatic heterocycles. The zero-order valence-electron chi connectivity index (χ0n) is 2.06. The topological polar surface area (TPSA) is 63.4 Å². The van der Waals surface area contributed by atoms with Crippen molar-refractivity contribution in [3.8, 4) is 0 Å². The monoisotopic (exact) mass is 143 g/mol. The summed E-state index contributed by atoms with van der Waals surface area (Å²) in [6.45, 7) is 0. The summed E-state index contributed by atoms with van der Waals surface area (Å²) in [5, 5.41) is 13.6. The summed E-state index contributed by atoms with van der Waals surface area (Å²) in [6.07, 6.45) is 0. The molecule has 0 aromatic rings. The molecule has 34 valence electrons. The molecule has 0 saturated heterocycles. The molecule has 6 heteroatoms. The Morgan fingerprint density at radius 2 is 1.67 bits per heavy atom. The molecule has 0 unspecified atom stereocenters. The molecular formula is H2FeNNaO3. The van der Waals surface area contributed by atoms with Crippen LogP contribution in [-0.4, -0.2) is 39.9 Å². The molecule has 0 bridgehead atoms. The first-order chi connectivity index (χ1) is 1.73. The van der Waals surface area contributed by atoms with Crippen molar-refractivity contribution in [3.05, 3.63) is 10.1 Å². The summed E-state index contributed by atoms with van der Waals surface area (Å²) >= 11 is 0. The van der Waals surface area contributed by atoms with Crippen LogP contribution in [0.3, 0.4) is 0 Å². The Morgan fingerprint density at radius 3 is 1.67 bits per heavy atom. The van der Waals surface area contributed by atoms with E-state index in [1.54, 1.807) is 0 Å². The van der Waals surface area contributed by atoms with Crippen molar-refractivity contribution in [2.45, 2.75) is 0 Å². The van der Waals surface area contributed by atoms with E-state index < -0.39 is 5.09 Å². The summed E-state index contributed by atoms with van der Waals surface area (Å²) < 4.78 is 0. The predicted molar refractivity (Wildman–Crippen MR) is 15.9 cm³/mol. The van der Waals surface area contributed by atoms with Crippen LogP contribution in [0.25, 0.3) is 0 Å². The van der Waals surface area contributed by atoms with Crippen LogP contribution in [0.15, 0.2) is 0 Å². The van der Waals surface area contributed by atoms with Gasteiger partial charge in [-0.15, -0.1) is 10.1 Å². The minimum absolute atomic E-state index is 0. The van der Waals surface area contributed by atoms with E-state index in [0.717, 1.165) is 0 Å². The van der Waals surface area contributed by atoms with Crippen LogP contribution < -0.4 is 0 Å². The Bertz CT molecular complexity index is 33.8. The van der Waals surface area contributed by atoms with E-state index in [4.69, 9.17) is 15.3 Å². The molecule has 0 saturated carbocycles. The first-order valence-electron chi connectivity index (χ1n) is 0.565. The fraction of sp³-hybridized carbons (Fsp3) is 0. The van der Waals surface area contributed by atoms with Crippen molar-refractivity contribution in [2.75, 3.05) is 0 Å². The molecule has 0 aromatic carbocycles. The van der Waals surface area contributed by atoms with Crippen molar-refractivity contribution in [1.82, 2.24) is 0 Å². The molecule has 0 aliphatic rings. The fourth-order valence-corrected chi connectivity index (χ4v) is 0. The van der Waals surface area contributed by atoms with Crippen molar-refractivity contribution in [1.29, 1.82) is 0 Å². The third-order valence-electron chi connectivity index (χ3n) is 0. The SMILES string of the molecule is O=[N+]([O-])O.[Fe].[NaH]. The Balaban J connectivity index is -0.0000000450. The molecule has 0 spiro atoms. The van der Waals surface area contributed by atoms with Crippen LogP contribution >= 0.6 is 0 Å². The van der Waals surface area contributed by atoms with E-state index in [-0.39, 0.29) is 46.6 Å². The van der Waals surface area contributed by atoms with Crippen molar-refractivity contribution in [2.24, 2.45) is 0 Å². The van der Waals surface area contributed by atoms with Gasteiger partial charge in [-0.25, -0.2) is 0 Å². The second kappa shape index (κ2) is 9.21. The fourth-order valence-electron chi connectivity index (χ4n) is 0. The van der Waals surface area contributed by atoms with Gasteiger partial charge in [-0.2, -0.15) is 0 Å². The van der Waals surface area contributed by atoms with Gasteiger partial charge in [0.2, 0.25) is 0 Å². The minimum atomic E-state index is -1.50. The van der Waals surface area contributed by atoms with E-state index in [2.05, 4.69) is 0 Å². The first-order valence-corrected chi connectivity index (χ1v) is 0.565. The molecular weight excluding hydrogens is 141 g/mol. The van der Waals surface area contributed by atoms with Gasteiger partial charge in [0.1, 0.15) is 0 Å². The van der Waals surface area contributed by atoms with Gasteiger partial charge in [-0.3, -0.25) is 0 Å². The van der Waals surface area contributed by atoms with Gasteiger partial charge in [0.05, 0.1) is 0 Å². The maximum atomic E-state index is 8.36. The summed E-state index contributed by atoms with van der Waals surface area (Å²) in [5.74, 6) is 0. The van der Waals surface area contributed by atoms with E-state index in [1.807, 2.05) is 0 Å².